The largest absolute Gasteiger partial charge is 0.386 e. The number of amidine groups is 1. The topological polar surface area (TPSA) is 211 Å². The van der Waals surface area contributed by atoms with Crippen LogP contribution < -0.4 is 27.0 Å². The maximum atomic E-state index is 15.7. The third-order valence-electron chi connectivity index (χ3n) is 14.2. The molecule has 20 heteroatoms. The van der Waals surface area contributed by atoms with Crippen LogP contribution in [0, 0.1) is 16.7 Å². The van der Waals surface area contributed by atoms with E-state index in [4.69, 9.17) is 20.3 Å². The number of aliphatic imine (C=N–C) groups is 1. The second kappa shape index (κ2) is 18.7. The highest BCUT2D eigenvalue weighted by Gasteiger charge is 2.42. The molecule has 2 bridgehead atoms. The Labute approximate surface area is 373 Å². The summed E-state index contributed by atoms with van der Waals surface area (Å²) in [6.07, 6.45) is 7.04. The Hall–Kier alpha value is -5.60. The molecule has 6 fully saturated rings. The van der Waals surface area contributed by atoms with E-state index in [-0.39, 0.29) is 78.3 Å². The van der Waals surface area contributed by atoms with Gasteiger partial charge in [-0.3, -0.25) is 39.1 Å². The number of ether oxygens (including phenoxy) is 2. The van der Waals surface area contributed by atoms with Crippen LogP contribution in [0.15, 0.2) is 63.6 Å². The number of para-hydroxylation sites is 1. The molecular weight excluding hydrogens is 848 g/mol. The van der Waals surface area contributed by atoms with Crippen LogP contribution >= 0.6 is 0 Å². The second-order valence-electron chi connectivity index (χ2n) is 18.4. The van der Waals surface area contributed by atoms with Gasteiger partial charge in [-0.15, -0.1) is 0 Å². The molecule has 5 atom stereocenters. The van der Waals surface area contributed by atoms with E-state index in [2.05, 4.69) is 36.1 Å². The number of benzene rings is 1. The molecule has 6 heterocycles. The molecule has 5 aliphatic heterocycles. The van der Waals surface area contributed by atoms with Crippen molar-refractivity contribution >= 4 is 46.5 Å². The van der Waals surface area contributed by atoms with Crippen LogP contribution in [0.3, 0.4) is 0 Å². The van der Waals surface area contributed by atoms with Gasteiger partial charge in [0.25, 0.3) is 12.3 Å². The molecule has 348 valence electrons. The Bertz CT molecular complexity index is 2420. The Balaban J connectivity index is 0.736. The summed E-state index contributed by atoms with van der Waals surface area (Å²) in [5.41, 5.74) is 0.459. The number of allylic oxidation sites excluding steroid dienone is 1. The zero-order valence-electron chi connectivity index (χ0n) is 36.2. The lowest BCUT2D eigenvalue weighted by molar-refractivity contribution is -0.135. The summed E-state index contributed by atoms with van der Waals surface area (Å²) in [4.78, 5) is 60.0. The molecule has 17 nitrogen and oxygen atoms in total. The molecule has 2 aliphatic carbocycles. The van der Waals surface area contributed by atoms with Crippen LogP contribution in [0.5, 0.6) is 0 Å². The monoisotopic (exact) mass is 903 g/mol. The van der Waals surface area contributed by atoms with Gasteiger partial charge in [-0.1, -0.05) is 12.1 Å². The van der Waals surface area contributed by atoms with E-state index in [1.807, 2.05) is 18.2 Å². The van der Waals surface area contributed by atoms with Crippen molar-refractivity contribution in [2.24, 2.45) is 18.0 Å². The quantitative estimate of drug-likeness (QED) is 0.0982. The predicted molar refractivity (Wildman–Crippen MR) is 234 cm³/mol. The number of nitrogens with zero attached hydrogens (tertiary/aromatic N) is 5. The fourth-order valence-electron chi connectivity index (χ4n) is 10.6. The molecule has 1 unspecified atom stereocenters. The van der Waals surface area contributed by atoms with Gasteiger partial charge < -0.3 is 35.7 Å². The van der Waals surface area contributed by atoms with Crippen molar-refractivity contribution in [2.45, 2.75) is 119 Å². The highest BCUT2D eigenvalue weighted by molar-refractivity contribution is 6.15. The zero-order chi connectivity index (χ0) is 45.5. The van der Waals surface area contributed by atoms with E-state index < -0.39 is 42.3 Å². The fourth-order valence-corrected chi connectivity index (χ4v) is 10.6. The van der Waals surface area contributed by atoms with Crippen LogP contribution in [0.4, 0.5) is 13.2 Å². The molecule has 0 spiro atoms. The fraction of sp³-hybridized carbons (Fsp3) is 0.578. The van der Waals surface area contributed by atoms with Crippen molar-refractivity contribution in [3.63, 3.8) is 0 Å². The number of aromatic nitrogens is 2. The minimum atomic E-state index is -3.14. The average Bonchev–Trinajstić information content (AvgIpc) is 3.99. The lowest BCUT2D eigenvalue weighted by atomic mass is 9.76. The van der Waals surface area contributed by atoms with Crippen LogP contribution in [0.1, 0.15) is 81.7 Å². The Morgan fingerprint density at radius 3 is 2.58 bits per heavy atom. The minimum Gasteiger partial charge on any atom is -0.386 e. The summed E-state index contributed by atoms with van der Waals surface area (Å²) in [5, 5.41) is 26.8. The zero-order valence-corrected chi connectivity index (χ0v) is 36.2. The van der Waals surface area contributed by atoms with Gasteiger partial charge >= 0.3 is 5.69 Å². The Kier molecular flexibility index (Phi) is 12.8. The molecule has 1 aromatic heterocycles. The summed E-state index contributed by atoms with van der Waals surface area (Å²) in [6, 6.07) is 5.03. The highest BCUT2D eigenvalue weighted by atomic mass is 19.3. The Morgan fingerprint density at radius 1 is 1.09 bits per heavy atom. The predicted octanol–water partition coefficient (Wildman–Crippen LogP) is 3.23. The third-order valence-corrected chi connectivity index (χ3v) is 14.2. The van der Waals surface area contributed by atoms with E-state index in [1.54, 1.807) is 23.9 Å². The first-order valence-corrected chi connectivity index (χ1v) is 22.7. The van der Waals surface area contributed by atoms with Crippen LogP contribution in [-0.2, 0) is 30.9 Å². The number of carbonyl (C=O) groups is 3. The number of halogens is 3. The summed E-state index contributed by atoms with van der Waals surface area (Å²) in [7, 11) is 1.69. The van der Waals surface area contributed by atoms with Gasteiger partial charge in [0, 0.05) is 64.3 Å². The molecule has 1 aromatic carbocycles. The molecule has 9 rings (SSSR count). The number of fused-ring (bicyclic) bond motifs is 3. The lowest BCUT2D eigenvalue weighted by Crippen LogP contribution is -2.49. The second-order valence-corrected chi connectivity index (χ2v) is 18.4. The highest BCUT2D eigenvalue weighted by Crippen LogP contribution is 2.43. The van der Waals surface area contributed by atoms with Gasteiger partial charge in [0.2, 0.25) is 11.8 Å². The van der Waals surface area contributed by atoms with E-state index in [9.17, 15) is 28.0 Å². The molecule has 2 saturated carbocycles. The van der Waals surface area contributed by atoms with E-state index >= 15 is 4.39 Å². The number of hydrogen-bond donors (Lipinski definition) is 6. The first-order valence-electron chi connectivity index (χ1n) is 22.7. The summed E-state index contributed by atoms with van der Waals surface area (Å²) >= 11 is 0. The van der Waals surface area contributed by atoms with Crippen molar-refractivity contribution in [1.82, 2.24) is 40.2 Å². The molecule has 3 amide bonds. The maximum Gasteiger partial charge on any atom is 0.329 e. The molecule has 65 heavy (non-hydrogen) atoms. The first-order chi connectivity index (χ1) is 31.3. The Morgan fingerprint density at radius 2 is 1.89 bits per heavy atom. The number of likely N-dealkylation sites (tertiary alicyclic amines) is 2. The van der Waals surface area contributed by atoms with Gasteiger partial charge in [0.15, 0.2) is 0 Å². The van der Waals surface area contributed by atoms with Crippen molar-refractivity contribution in [1.29, 1.82) is 10.8 Å². The van der Waals surface area contributed by atoms with Gasteiger partial charge in [-0.2, -0.15) is 0 Å². The number of alkyl halides is 3. The standard InChI is InChI=1S/C45H56F3N11O6/c1-56-40-30(3-2-4-34(40)59(45(56)63)35-9-10-38(60)55-44(35)62)25-15-28(16-25)65-36-12-14-57(22-32(36)46)20-24-5-7-26(8-6-24)52-19-33(39(50)41(47)48)53-43(61)31(18-49)42-51-13-11-37(54-42)58-21-29-17-27(58)23-64-29/h2-4,11,13,18-19,24-29,32,35-36,41,49-52H,5-10,12,14-17,20-23H2,1H3,(H,53,61)(H,55,60,62)/b33-19-,42-31-,49-18?,50-39?/t24-,25-,26-,27-,28-,29-,32-,35?,36+/m1/s1. The SMILES string of the molecule is Cn1c(=O)n(C2CCC(=O)NC2=O)c2cccc([C@H]3C[C@H](O[C@H]4CCN(C[C@H]5CC[C@H](N/C=C(\NC(=O)/C(C=N)=C6\N=C(N7C[C@H]8C[C@@H]7CO8)C=CN6)C(=N)C(F)F)CC5)C[C@H]4F)C3)c21. The average molecular weight is 904 g/mol. The number of rotatable bonds is 13. The molecule has 6 N–H and O–H groups in total. The maximum absolute atomic E-state index is 15.7. The third kappa shape index (κ3) is 9.16. The number of piperidine rings is 2. The molecular formula is C45H56F3N11O6. The van der Waals surface area contributed by atoms with Crippen molar-refractivity contribution in [3.05, 3.63) is 69.8 Å². The number of carbonyl (C=O) groups excluding carboxylic acids is 3. The molecule has 0 radical (unpaired) electrons. The van der Waals surface area contributed by atoms with Crippen molar-refractivity contribution in [2.75, 3.05) is 32.8 Å². The number of nitrogens with one attached hydrogen (secondary N) is 6. The van der Waals surface area contributed by atoms with E-state index in [0.29, 0.717) is 56.2 Å². The van der Waals surface area contributed by atoms with Crippen LogP contribution in [0.2, 0.25) is 0 Å². The van der Waals surface area contributed by atoms with Gasteiger partial charge in [0.05, 0.1) is 53.3 Å². The van der Waals surface area contributed by atoms with Crippen LogP contribution in [-0.4, -0.2) is 130 Å². The number of imide groups is 1. The number of amides is 3. The molecule has 7 aliphatic rings. The van der Waals surface area contributed by atoms with Gasteiger partial charge in [0.1, 0.15) is 29.6 Å². The smallest absolute Gasteiger partial charge is 0.329 e. The van der Waals surface area contributed by atoms with E-state index in [1.165, 1.54) is 10.8 Å². The summed E-state index contributed by atoms with van der Waals surface area (Å²) in [5.74, 6) is -0.521. The number of morpholine rings is 1. The lowest BCUT2D eigenvalue weighted by Gasteiger charge is -2.42. The number of aryl methyl sites for hydroxylation is 1. The van der Waals surface area contributed by atoms with Crippen molar-refractivity contribution < 1.29 is 37.0 Å². The van der Waals surface area contributed by atoms with Gasteiger partial charge in [-0.25, -0.2) is 23.0 Å². The minimum absolute atomic E-state index is 0.0808. The van der Waals surface area contributed by atoms with E-state index in [0.717, 1.165) is 55.9 Å². The summed E-state index contributed by atoms with van der Waals surface area (Å²) in [6.45, 7) is 2.96. The van der Waals surface area contributed by atoms with Crippen LogP contribution in [0.25, 0.3) is 11.0 Å². The number of imidazole rings is 1. The summed E-state index contributed by atoms with van der Waals surface area (Å²) < 4.78 is 58.4. The first kappa shape index (κ1) is 44.6. The van der Waals surface area contributed by atoms with Gasteiger partial charge in [-0.05, 0) is 87.3 Å². The van der Waals surface area contributed by atoms with Crippen molar-refractivity contribution in [3.8, 4) is 0 Å². The molecule has 2 aromatic rings. The molecule has 4 saturated heterocycles. The normalized spacial score (nSPS) is 31.3. The number of hydrogen-bond acceptors (Lipinski definition) is 13.